The van der Waals surface area contributed by atoms with E-state index in [0.29, 0.717) is 5.39 Å². The molecule has 2 N–H and O–H groups in total. The molecule has 30 heavy (non-hydrogen) atoms. The fourth-order valence-corrected chi connectivity index (χ4v) is 2.93. The zero-order valence-corrected chi connectivity index (χ0v) is 16.5. The van der Waals surface area contributed by atoms with Crippen molar-refractivity contribution in [3.63, 3.8) is 0 Å². The highest BCUT2D eigenvalue weighted by atomic mass is 16.5. The average Bonchev–Trinajstić information content (AvgIpc) is 2.75. The lowest BCUT2D eigenvalue weighted by Crippen LogP contribution is -2.33. The third kappa shape index (κ3) is 4.19. The number of nitrogens with zero attached hydrogens (tertiary/aromatic N) is 2. The Labute approximate surface area is 171 Å². The molecular formula is C21H20N4O5. The third-order valence-electron chi connectivity index (χ3n) is 4.30. The van der Waals surface area contributed by atoms with Crippen LogP contribution in [-0.4, -0.2) is 41.2 Å². The second-order valence-corrected chi connectivity index (χ2v) is 6.25. The molecule has 0 unspecified atom stereocenters. The predicted molar refractivity (Wildman–Crippen MR) is 110 cm³/mol. The molecule has 0 fully saturated rings. The van der Waals surface area contributed by atoms with Gasteiger partial charge in [-0.1, -0.05) is 30.3 Å². The van der Waals surface area contributed by atoms with Crippen molar-refractivity contribution in [2.75, 3.05) is 19.0 Å². The van der Waals surface area contributed by atoms with Crippen molar-refractivity contribution < 1.29 is 19.1 Å². The van der Waals surface area contributed by atoms with E-state index in [4.69, 9.17) is 4.74 Å². The molecule has 0 aliphatic carbocycles. The summed E-state index contributed by atoms with van der Waals surface area (Å²) in [6.45, 7) is 1.44. The molecule has 1 aromatic heterocycles. The molecule has 0 saturated heterocycles. The van der Waals surface area contributed by atoms with Crippen LogP contribution in [0.2, 0.25) is 0 Å². The van der Waals surface area contributed by atoms with Crippen LogP contribution < -0.4 is 16.2 Å². The van der Waals surface area contributed by atoms with Crippen molar-refractivity contribution in [2.24, 2.45) is 0 Å². The molecule has 0 radical (unpaired) electrons. The second-order valence-electron chi connectivity index (χ2n) is 6.25. The number of ether oxygens (including phenoxy) is 1. The number of rotatable bonds is 6. The number of carbonyl (C=O) groups is 3. The summed E-state index contributed by atoms with van der Waals surface area (Å²) >= 11 is 0. The van der Waals surface area contributed by atoms with Gasteiger partial charge in [0.2, 0.25) is 5.91 Å². The van der Waals surface area contributed by atoms with Crippen LogP contribution in [0.4, 0.5) is 5.69 Å². The maximum Gasteiger partial charge on any atom is 0.340 e. The van der Waals surface area contributed by atoms with E-state index in [-0.39, 0.29) is 28.9 Å². The Morgan fingerprint density at radius 1 is 1.03 bits per heavy atom. The molecule has 0 aliphatic rings. The minimum Gasteiger partial charge on any atom is -0.462 e. The minimum atomic E-state index is -0.584. The van der Waals surface area contributed by atoms with Gasteiger partial charge in [-0.25, -0.2) is 9.48 Å². The topological polar surface area (TPSA) is 119 Å². The van der Waals surface area contributed by atoms with Gasteiger partial charge in [-0.2, -0.15) is 5.10 Å². The number of anilines is 1. The van der Waals surface area contributed by atoms with Crippen LogP contribution in [0.25, 0.3) is 10.8 Å². The molecule has 1 heterocycles. The zero-order valence-electron chi connectivity index (χ0n) is 16.5. The predicted octanol–water partition coefficient (Wildman–Crippen LogP) is 1.57. The number of hydrogen-bond donors (Lipinski definition) is 2. The number of fused-ring (bicyclic) bond motifs is 1. The van der Waals surface area contributed by atoms with E-state index < -0.39 is 29.9 Å². The van der Waals surface area contributed by atoms with Crippen LogP contribution in [0.1, 0.15) is 27.8 Å². The van der Waals surface area contributed by atoms with Gasteiger partial charge in [0.1, 0.15) is 6.54 Å². The van der Waals surface area contributed by atoms with Crippen molar-refractivity contribution in [3.8, 4) is 0 Å². The van der Waals surface area contributed by atoms with E-state index in [2.05, 4.69) is 15.7 Å². The van der Waals surface area contributed by atoms with Crippen molar-refractivity contribution in [1.29, 1.82) is 0 Å². The van der Waals surface area contributed by atoms with Gasteiger partial charge in [0.25, 0.3) is 11.5 Å². The number of hydrogen-bond acceptors (Lipinski definition) is 6. The molecule has 9 nitrogen and oxygen atoms in total. The summed E-state index contributed by atoms with van der Waals surface area (Å²) in [6.07, 6.45) is 0. The number of amides is 2. The smallest absolute Gasteiger partial charge is 0.340 e. The molecule has 0 atom stereocenters. The van der Waals surface area contributed by atoms with E-state index in [9.17, 15) is 19.2 Å². The molecule has 0 spiro atoms. The summed E-state index contributed by atoms with van der Waals surface area (Å²) in [5, 5.41) is 9.82. The van der Waals surface area contributed by atoms with Crippen LogP contribution >= 0.6 is 0 Å². The molecule has 0 bridgehead atoms. The summed E-state index contributed by atoms with van der Waals surface area (Å²) in [5.41, 5.74) is -0.0293. The molecule has 2 aromatic carbocycles. The summed E-state index contributed by atoms with van der Waals surface area (Å²) in [7, 11) is 1.45. The lowest BCUT2D eigenvalue weighted by molar-refractivity contribution is -0.117. The van der Waals surface area contributed by atoms with E-state index in [1.165, 1.54) is 13.1 Å². The molecule has 3 rings (SSSR count). The first-order valence-electron chi connectivity index (χ1n) is 9.24. The van der Waals surface area contributed by atoms with Crippen LogP contribution in [0.3, 0.4) is 0 Å². The Kier molecular flexibility index (Phi) is 6.21. The van der Waals surface area contributed by atoms with E-state index in [0.717, 1.165) is 4.68 Å². The highest BCUT2D eigenvalue weighted by Crippen LogP contribution is 2.17. The number of aromatic nitrogens is 2. The number of para-hydroxylation sites is 1. The van der Waals surface area contributed by atoms with Crippen LogP contribution in [0, 0.1) is 0 Å². The lowest BCUT2D eigenvalue weighted by atomic mass is 10.1. The lowest BCUT2D eigenvalue weighted by Gasteiger charge is -2.12. The van der Waals surface area contributed by atoms with E-state index >= 15 is 0 Å². The molecule has 9 heteroatoms. The first-order valence-corrected chi connectivity index (χ1v) is 9.24. The number of nitrogens with one attached hydrogen (secondary N) is 2. The van der Waals surface area contributed by atoms with Crippen molar-refractivity contribution >= 4 is 34.2 Å². The zero-order chi connectivity index (χ0) is 21.7. The molecule has 0 saturated carbocycles. The Morgan fingerprint density at radius 3 is 2.40 bits per heavy atom. The maximum absolute atomic E-state index is 12.8. The Hall–Kier alpha value is -4.01. The molecular weight excluding hydrogens is 388 g/mol. The first-order chi connectivity index (χ1) is 14.5. The summed E-state index contributed by atoms with van der Waals surface area (Å²) in [6, 6.07) is 12.9. The SMILES string of the molecule is CCOC(=O)c1ccccc1NC(=O)Cn1nc(C(=O)NC)c2ccccc2c1=O. The normalized spacial score (nSPS) is 10.5. The van der Waals surface area contributed by atoms with Gasteiger partial charge >= 0.3 is 5.97 Å². The monoisotopic (exact) mass is 408 g/mol. The van der Waals surface area contributed by atoms with Gasteiger partial charge in [0.05, 0.1) is 23.2 Å². The van der Waals surface area contributed by atoms with E-state index in [1.807, 2.05) is 0 Å². The molecule has 2 amide bonds. The van der Waals surface area contributed by atoms with Gasteiger partial charge in [0, 0.05) is 12.4 Å². The Bertz CT molecular complexity index is 1190. The molecule has 3 aromatic rings. The summed E-state index contributed by atoms with van der Waals surface area (Å²) < 4.78 is 5.91. The molecule has 0 aliphatic heterocycles. The van der Waals surface area contributed by atoms with E-state index in [1.54, 1.807) is 49.4 Å². The quantitative estimate of drug-likeness (QED) is 0.598. The highest BCUT2D eigenvalue weighted by Gasteiger charge is 2.18. The standard InChI is InChI=1S/C21H20N4O5/c1-3-30-21(29)15-10-6-7-11-16(15)23-17(26)12-25-20(28)14-9-5-4-8-13(14)18(24-25)19(27)22-2/h4-11H,3,12H2,1-2H3,(H,22,27)(H,23,26). The average molecular weight is 408 g/mol. The van der Waals surface area contributed by atoms with Crippen molar-refractivity contribution in [1.82, 2.24) is 15.1 Å². The second kappa shape index (κ2) is 8.99. The number of carbonyl (C=O) groups excluding carboxylic acids is 3. The van der Waals surface area contributed by atoms with Crippen LogP contribution in [0.5, 0.6) is 0 Å². The van der Waals surface area contributed by atoms with Crippen molar-refractivity contribution in [3.05, 3.63) is 70.1 Å². The molecule has 154 valence electrons. The van der Waals surface area contributed by atoms with Gasteiger partial charge < -0.3 is 15.4 Å². The first kappa shape index (κ1) is 20.7. The maximum atomic E-state index is 12.8. The number of esters is 1. The van der Waals surface area contributed by atoms with Gasteiger partial charge in [0.15, 0.2) is 5.69 Å². The fourth-order valence-electron chi connectivity index (χ4n) is 2.93. The Balaban J connectivity index is 1.93. The summed E-state index contributed by atoms with van der Waals surface area (Å²) in [4.78, 5) is 49.6. The largest absolute Gasteiger partial charge is 0.462 e. The highest BCUT2D eigenvalue weighted by molar-refractivity contribution is 6.05. The number of benzene rings is 2. The fraction of sp³-hybridized carbons (Fsp3) is 0.190. The van der Waals surface area contributed by atoms with Gasteiger partial charge in [-0.15, -0.1) is 0 Å². The van der Waals surface area contributed by atoms with Gasteiger partial charge in [-0.3, -0.25) is 14.4 Å². The third-order valence-corrected chi connectivity index (χ3v) is 4.30. The minimum absolute atomic E-state index is 0.0347. The Morgan fingerprint density at radius 2 is 1.70 bits per heavy atom. The van der Waals surface area contributed by atoms with Crippen molar-refractivity contribution in [2.45, 2.75) is 13.5 Å². The van der Waals surface area contributed by atoms with Gasteiger partial charge in [-0.05, 0) is 25.1 Å². The van der Waals surface area contributed by atoms with Crippen LogP contribution in [0.15, 0.2) is 53.3 Å². The summed E-state index contributed by atoms with van der Waals surface area (Å²) in [5.74, 6) is -1.64. The van der Waals surface area contributed by atoms with Crippen LogP contribution in [-0.2, 0) is 16.1 Å².